The Morgan fingerprint density at radius 2 is 1.83 bits per heavy atom. The van der Waals surface area contributed by atoms with Gasteiger partial charge in [-0.25, -0.2) is 0 Å². The highest BCUT2D eigenvalue weighted by Gasteiger charge is 2.10. The van der Waals surface area contributed by atoms with Crippen LogP contribution >= 0.6 is 11.6 Å². The molecule has 2 N–H and O–H groups in total. The van der Waals surface area contributed by atoms with Crippen LogP contribution in [0.5, 0.6) is 0 Å². The van der Waals surface area contributed by atoms with Crippen LogP contribution in [-0.4, -0.2) is 18.4 Å². The molecule has 0 aromatic heterocycles. The summed E-state index contributed by atoms with van der Waals surface area (Å²) in [5, 5.41) is 5.95. The van der Waals surface area contributed by atoms with Crippen molar-refractivity contribution in [1.29, 1.82) is 0 Å². The Labute approximate surface area is 140 Å². The molecule has 2 aromatic carbocycles. The topological polar surface area (TPSA) is 58.2 Å². The van der Waals surface area contributed by atoms with Gasteiger partial charge in [-0.2, -0.15) is 0 Å². The van der Waals surface area contributed by atoms with Gasteiger partial charge in [-0.1, -0.05) is 35.9 Å². The number of hydrogen-bond acceptors (Lipinski definition) is 2. The fourth-order valence-corrected chi connectivity index (χ4v) is 2.33. The molecule has 0 saturated carbocycles. The van der Waals surface area contributed by atoms with E-state index >= 15 is 0 Å². The normalized spacial score (nSPS) is 10.2. The van der Waals surface area contributed by atoms with E-state index in [9.17, 15) is 9.59 Å². The molecule has 0 spiro atoms. The van der Waals surface area contributed by atoms with Crippen LogP contribution in [0.25, 0.3) is 0 Å². The Balaban J connectivity index is 1.84. The minimum atomic E-state index is -0.282. The van der Waals surface area contributed by atoms with Gasteiger partial charge in [0.05, 0.1) is 10.6 Å². The molecule has 0 aliphatic rings. The SMILES string of the molecule is Cc1ccc(C)c(NC(=O)CCNC(=O)c2ccccc2Cl)c1. The van der Waals surface area contributed by atoms with Gasteiger partial charge in [0.1, 0.15) is 0 Å². The molecule has 0 heterocycles. The number of rotatable bonds is 5. The predicted molar refractivity (Wildman–Crippen MR) is 92.9 cm³/mol. The van der Waals surface area contributed by atoms with Crippen molar-refractivity contribution in [2.75, 3.05) is 11.9 Å². The van der Waals surface area contributed by atoms with Crippen LogP contribution in [0.2, 0.25) is 5.02 Å². The molecule has 2 aromatic rings. The van der Waals surface area contributed by atoms with E-state index < -0.39 is 0 Å². The van der Waals surface area contributed by atoms with E-state index in [1.807, 2.05) is 32.0 Å². The van der Waals surface area contributed by atoms with Crippen molar-refractivity contribution in [2.24, 2.45) is 0 Å². The van der Waals surface area contributed by atoms with E-state index in [-0.39, 0.29) is 24.8 Å². The Morgan fingerprint density at radius 3 is 2.57 bits per heavy atom. The summed E-state index contributed by atoms with van der Waals surface area (Å²) >= 11 is 5.96. The lowest BCUT2D eigenvalue weighted by molar-refractivity contribution is -0.116. The quantitative estimate of drug-likeness (QED) is 0.878. The van der Waals surface area contributed by atoms with E-state index in [2.05, 4.69) is 10.6 Å². The lowest BCUT2D eigenvalue weighted by Crippen LogP contribution is -2.28. The fraction of sp³-hybridized carbons (Fsp3) is 0.222. The number of carbonyl (C=O) groups is 2. The standard InChI is InChI=1S/C18H19ClN2O2/c1-12-7-8-13(2)16(11-12)21-17(22)9-10-20-18(23)14-5-3-4-6-15(14)19/h3-8,11H,9-10H2,1-2H3,(H,20,23)(H,21,22). The molecule has 4 nitrogen and oxygen atoms in total. The molecule has 2 amide bonds. The molecule has 0 saturated heterocycles. The first kappa shape index (κ1) is 17.0. The van der Waals surface area contributed by atoms with E-state index in [0.717, 1.165) is 16.8 Å². The molecular weight excluding hydrogens is 312 g/mol. The summed E-state index contributed by atoms with van der Waals surface area (Å²) in [6, 6.07) is 12.7. The zero-order chi connectivity index (χ0) is 16.8. The van der Waals surface area contributed by atoms with E-state index in [0.29, 0.717) is 10.6 Å². The Kier molecular flexibility index (Phi) is 5.77. The number of amides is 2. The third kappa shape index (κ3) is 4.83. The van der Waals surface area contributed by atoms with Gasteiger partial charge in [0.15, 0.2) is 0 Å². The molecule has 0 bridgehead atoms. The van der Waals surface area contributed by atoms with Crippen molar-refractivity contribution in [1.82, 2.24) is 5.32 Å². The van der Waals surface area contributed by atoms with Crippen molar-refractivity contribution >= 4 is 29.1 Å². The van der Waals surface area contributed by atoms with E-state index in [1.165, 1.54) is 0 Å². The van der Waals surface area contributed by atoms with Gasteiger partial charge in [-0.15, -0.1) is 0 Å². The third-order valence-corrected chi connectivity index (χ3v) is 3.75. The van der Waals surface area contributed by atoms with Crippen LogP contribution in [0.1, 0.15) is 27.9 Å². The maximum Gasteiger partial charge on any atom is 0.252 e. The highest BCUT2D eigenvalue weighted by molar-refractivity contribution is 6.33. The second kappa shape index (κ2) is 7.79. The highest BCUT2D eigenvalue weighted by Crippen LogP contribution is 2.16. The second-order valence-electron chi connectivity index (χ2n) is 5.35. The van der Waals surface area contributed by atoms with Crippen LogP contribution < -0.4 is 10.6 Å². The minimum absolute atomic E-state index is 0.141. The molecular formula is C18H19ClN2O2. The van der Waals surface area contributed by atoms with E-state index in [4.69, 9.17) is 11.6 Å². The van der Waals surface area contributed by atoms with E-state index in [1.54, 1.807) is 24.3 Å². The van der Waals surface area contributed by atoms with Gasteiger partial charge in [0.2, 0.25) is 5.91 Å². The molecule has 0 aliphatic carbocycles. The number of carbonyl (C=O) groups excluding carboxylic acids is 2. The van der Waals surface area contributed by atoms with Crippen molar-refractivity contribution in [3.8, 4) is 0 Å². The first-order valence-corrected chi connectivity index (χ1v) is 7.75. The van der Waals surface area contributed by atoms with Gasteiger partial charge in [-0.05, 0) is 43.2 Å². The largest absolute Gasteiger partial charge is 0.351 e. The zero-order valence-electron chi connectivity index (χ0n) is 13.2. The summed E-state index contributed by atoms with van der Waals surface area (Å²) in [6.45, 7) is 4.16. The Morgan fingerprint density at radius 1 is 1.09 bits per heavy atom. The zero-order valence-corrected chi connectivity index (χ0v) is 13.9. The van der Waals surface area contributed by atoms with Crippen LogP contribution in [-0.2, 0) is 4.79 Å². The minimum Gasteiger partial charge on any atom is -0.351 e. The number of nitrogens with one attached hydrogen (secondary N) is 2. The number of benzene rings is 2. The summed E-state index contributed by atoms with van der Waals surface area (Å²) in [5.41, 5.74) is 3.29. The van der Waals surface area contributed by atoms with Crippen LogP contribution in [0, 0.1) is 13.8 Å². The number of halogens is 1. The van der Waals surface area contributed by atoms with Crippen molar-refractivity contribution in [2.45, 2.75) is 20.3 Å². The molecule has 23 heavy (non-hydrogen) atoms. The van der Waals surface area contributed by atoms with Crippen molar-refractivity contribution in [3.05, 3.63) is 64.2 Å². The van der Waals surface area contributed by atoms with Gasteiger partial charge in [-0.3, -0.25) is 9.59 Å². The molecule has 5 heteroatoms. The lowest BCUT2D eigenvalue weighted by Gasteiger charge is -2.10. The first-order chi connectivity index (χ1) is 11.0. The Bertz CT molecular complexity index is 729. The average molecular weight is 331 g/mol. The molecule has 2 rings (SSSR count). The molecule has 0 unspecified atom stereocenters. The number of anilines is 1. The summed E-state index contributed by atoms with van der Waals surface area (Å²) in [7, 11) is 0. The van der Waals surface area contributed by atoms with Gasteiger partial charge in [0, 0.05) is 18.7 Å². The third-order valence-electron chi connectivity index (χ3n) is 3.42. The fourth-order valence-electron chi connectivity index (χ4n) is 2.11. The smallest absolute Gasteiger partial charge is 0.252 e. The van der Waals surface area contributed by atoms with Crippen molar-refractivity contribution in [3.63, 3.8) is 0 Å². The number of hydrogen-bond donors (Lipinski definition) is 2. The van der Waals surface area contributed by atoms with Crippen LogP contribution in [0.3, 0.4) is 0 Å². The van der Waals surface area contributed by atoms with Gasteiger partial charge in [0.25, 0.3) is 5.91 Å². The monoisotopic (exact) mass is 330 g/mol. The maximum atomic E-state index is 12.0. The molecule has 0 radical (unpaired) electrons. The molecule has 0 fully saturated rings. The highest BCUT2D eigenvalue weighted by atomic mass is 35.5. The summed E-state index contributed by atoms with van der Waals surface area (Å²) < 4.78 is 0. The lowest BCUT2D eigenvalue weighted by atomic mass is 10.1. The molecule has 0 atom stereocenters. The van der Waals surface area contributed by atoms with Gasteiger partial charge >= 0.3 is 0 Å². The summed E-state index contributed by atoms with van der Waals surface area (Å²) in [6.07, 6.45) is 0.198. The summed E-state index contributed by atoms with van der Waals surface area (Å²) in [4.78, 5) is 23.9. The second-order valence-corrected chi connectivity index (χ2v) is 5.76. The van der Waals surface area contributed by atoms with Crippen molar-refractivity contribution < 1.29 is 9.59 Å². The maximum absolute atomic E-state index is 12.0. The van der Waals surface area contributed by atoms with Crippen LogP contribution in [0.4, 0.5) is 5.69 Å². The predicted octanol–water partition coefficient (Wildman–Crippen LogP) is 3.72. The van der Waals surface area contributed by atoms with Crippen LogP contribution in [0.15, 0.2) is 42.5 Å². The number of aryl methyl sites for hydroxylation is 2. The van der Waals surface area contributed by atoms with Gasteiger partial charge < -0.3 is 10.6 Å². The first-order valence-electron chi connectivity index (χ1n) is 7.37. The molecule has 0 aliphatic heterocycles. The molecule has 120 valence electrons. The summed E-state index contributed by atoms with van der Waals surface area (Å²) in [5.74, 6) is -0.423. The average Bonchev–Trinajstić information content (AvgIpc) is 2.51. The Hall–Kier alpha value is -2.33.